The van der Waals surface area contributed by atoms with Gasteiger partial charge in [0.15, 0.2) is 0 Å². The van der Waals surface area contributed by atoms with Gasteiger partial charge in [0.05, 0.1) is 5.69 Å². The predicted octanol–water partition coefficient (Wildman–Crippen LogP) is 5.61. The molecule has 18 heavy (non-hydrogen) atoms. The van der Waals surface area contributed by atoms with Crippen LogP contribution in [-0.2, 0) is 5.41 Å². The molecular weight excluding hydrogens is 289 g/mol. The number of benzene rings is 1. The first-order valence-electron chi connectivity index (χ1n) is 5.58. The highest BCUT2D eigenvalue weighted by molar-refractivity contribution is 6.69. The van der Waals surface area contributed by atoms with Crippen LogP contribution in [0.25, 0.3) is 0 Å². The van der Waals surface area contributed by atoms with E-state index in [-0.39, 0.29) is 5.41 Å². The molecule has 0 heterocycles. The molecule has 0 saturated carbocycles. The molecule has 98 valence electrons. The predicted molar refractivity (Wildman–Crippen MR) is 82.7 cm³/mol. The highest BCUT2D eigenvalue weighted by Crippen LogP contribution is 2.31. The fourth-order valence-corrected chi connectivity index (χ4v) is 1.71. The average Bonchev–Trinajstić information content (AvgIpc) is 2.22. The fraction of sp³-hybridized carbons (Fsp3) is 0.357. The zero-order valence-electron chi connectivity index (χ0n) is 10.6. The third-order valence-electron chi connectivity index (χ3n) is 2.30. The summed E-state index contributed by atoms with van der Waals surface area (Å²) in [6, 6.07) is 8.02. The van der Waals surface area contributed by atoms with Crippen molar-refractivity contribution in [2.45, 2.75) is 30.0 Å². The van der Waals surface area contributed by atoms with Crippen LogP contribution in [0.1, 0.15) is 26.3 Å². The van der Waals surface area contributed by atoms with E-state index in [1.165, 1.54) is 11.6 Å². The Morgan fingerprint density at radius 2 is 1.67 bits per heavy atom. The number of hydrogen-bond donors (Lipinski definition) is 0. The third-order valence-corrected chi connectivity index (χ3v) is 2.67. The van der Waals surface area contributed by atoms with Crippen LogP contribution in [0.5, 0.6) is 0 Å². The topological polar surface area (TPSA) is 12.4 Å². The second-order valence-electron chi connectivity index (χ2n) is 4.95. The van der Waals surface area contributed by atoms with E-state index in [0.29, 0.717) is 0 Å². The Hall–Kier alpha value is -0.500. The molecule has 0 aliphatic carbocycles. The highest BCUT2D eigenvalue weighted by atomic mass is 35.6. The molecule has 4 heteroatoms. The summed E-state index contributed by atoms with van der Waals surface area (Å²) in [5.74, 6) is 0. The number of nitrogens with zero attached hydrogens (tertiary/aromatic N) is 1. The standard InChI is InChI=1S/C14H16Cl3N/c1-13(2,3)11-7-4-5-8-12(11)18-10-6-9-14(15,16)17/h4-10H,1-3H3/b9-6-,18-10+. The van der Waals surface area contributed by atoms with Gasteiger partial charge in [-0.2, -0.15) is 0 Å². The summed E-state index contributed by atoms with van der Waals surface area (Å²) in [6.45, 7) is 6.45. The van der Waals surface area contributed by atoms with Crippen molar-refractivity contribution >= 4 is 46.7 Å². The first-order chi connectivity index (χ1) is 8.20. The Bertz CT molecular complexity index is 451. The molecule has 0 amide bonds. The smallest absolute Gasteiger partial charge is 0.209 e. The highest BCUT2D eigenvalue weighted by Gasteiger charge is 2.16. The van der Waals surface area contributed by atoms with E-state index in [1.807, 2.05) is 18.2 Å². The molecule has 0 unspecified atom stereocenters. The minimum atomic E-state index is -1.38. The van der Waals surface area contributed by atoms with Crippen molar-refractivity contribution in [3.05, 3.63) is 42.0 Å². The lowest BCUT2D eigenvalue weighted by molar-refractivity contribution is 0.591. The second kappa shape index (κ2) is 6.10. The quantitative estimate of drug-likeness (QED) is 0.497. The molecule has 0 aliphatic rings. The summed E-state index contributed by atoms with van der Waals surface area (Å²) < 4.78 is -1.38. The number of hydrogen-bond acceptors (Lipinski definition) is 1. The first kappa shape index (κ1) is 15.6. The molecule has 0 bridgehead atoms. The molecule has 0 spiro atoms. The molecule has 0 saturated heterocycles. The molecule has 0 N–H and O–H groups in total. The van der Waals surface area contributed by atoms with Crippen LogP contribution in [0.4, 0.5) is 5.69 Å². The average molecular weight is 305 g/mol. The Morgan fingerprint density at radius 3 is 2.22 bits per heavy atom. The van der Waals surface area contributed by atoms with Crippen LogP contribution in [0.15, 0.2) is 41.4 Å². The largest absolute Gasteiger partial charge is 0.257 e. The zero-order valence-corrected chi connectivity index (χ0v) is 12.9. The molecule has 1 aromatic rings. The van der Waals surface area contributed by atoms with Gasteiger partial charge in [-0.3, -0.25) is 4.99 Å². The van der Waals surface area contributed by atoms with Crippen molar-refractivity contribution in [2.24, 2.45) is 4.99 Å². The van der Waals surface area contributed by atoms with E-state index < -0.39 is 3.79 Å². The molecule has 0 radical (unpaired) electrons. The van der Waals surface area contributed by atoms with Gasteiger partial charge in [-0.15, -0.1) is 0 Å². The van der Waals surface area contributed by atoms with E-state index >= 15 is 0 Å². The van der Waals surface area contributed by atoms with E-state index in [2.05, 4.69) is 31.8 Å². The van der Waals surface area contributed by atoms with Crippen LogP contribution >= 0.6 is 34.8 Å². The molecular formula is C14H16Cl3N. The lowest BCUT2D eigenvalue weighted by Crippen LogP contribution is -2.10. The molecule has 0 fully saturated rings. The van der Waals surface area contributed by atoms with Gasteiger partial charge in [0.1, 0.15) is 0 Å². The maximum absolute atomic E-state index is 5.60. The van der Waals surface area contributed by atoms with Crippen molar-refractivity contribution in [3.63, 3.8) is 0 Å². The van der Waals surface area contributed by atoms with Gasteiger partial charge in [0.2, 0.25) is 3.79 Å². The summed E-state index contributed by atoms with van der Waals surface area (Å²) in [7, 11) is 0. The van der Waals surface area contributed by atoms with Gasteiger partial charge in [-0.1, -0.05) is 73.8 Å². The Kier molecular flexibility index (Phi) is 5.27. The maximum atomic E-state index is 5.60. The summed E-state index contributed by atoms with van der Waals surface area (Å²) in [5.41, 5.74) is 2.16. The number of halogens is 3. The van der Waals surface area contributed by atoms with Crippen molar-refractivity contribution in [2.75, 3.05) is 0 Å². The summed E-state index contributed by atoms with van der Waals surface area (Å²) in [6.07, 6.45) is 4.72. The van der Waals surface area contributed by atoms with Gasteiger partial charge in [0, 0.05) is 6.21 Å². The van der Waals surface area contributed by atoms with Gasteiger partial charge >= 0.3 is 0 Å². The van der Waals surface area contributed by atoms with Gasteiger partial charge in [0.25, 0.3) is 0 Å². The first-order valence-corrected chi connectivity index (χ1v) is 6.72. The fourth-order valence-electron chi connectivity index (χ4n) is 1.50. The molecule has 0 aromatic heterocycles. The molecule has 1 aromatic carbocycles. The minimum Gasteiger partial charge on any atom is -0.257 e. The minimum absolute atomic E-state index is 0.0485. The molecule has 1 rings (SSSR count). The number of alkyl halides is 3. The van der Waals surface area contributed by atoms with Crippen LogP contribution < -0.4 is 0 Å². The number of para-hydroxylation sites is 1. The molecule has 0 aliphatic heterocycles. The number of allylic oxidation sites excluding steroid dienone is 2. The van der Waals surface area contributed by atoms with Crippen molar-refractivity contribution < 1.29 is 0 Å². The number of aliphatic imine (C=N–C) groups is 1. The number of rotatable bonds is 2. The Labute approximate surface area is 123 Å². The Balaban J connectivity index is 2.92. The summed E-state index contributed by atoms with van der Waals surface area (Å²) >= 11 is 16.8. The van der Waals surface area contributed by atoms with E-state index in [9.17, 15) is 0 Å². The third kappa shape index (κ3) is 5.43. The SMILES string of the molecule is CC(C)(C)c1ccccc1/N=C/C=C\C(Cl)(Cl)Cl. The second-order valence-corrected chi connectivity index (χ2v) is 7.31. The zero-order chi connectivity index (χ0) is 13.8. The van der Waals surface area contributed by atoms with Crippen LogP contribution in [0.2, 0.25) is 0 Å². The monoisotopic (exact) mass is 303 g/mol. The van der Waals surface area contributed by atoms with Crippen LogP contribution in [-0.4, -0.2) is 10.0 Å². The normalized spacial score (nSPS) is 13.7. The van der Waals surface area contributed by atoms with Crippen LogP contribution in [0.3, 0.4) is 0 Å². The molecule has 0 atom stereocenters. The summed E-state index contributed by atoms with van der Waals surface area (Å²) in [5, 5.41) is 0. The lowest BCUT2D eigenvalue weighted by Gasteiger charge is -2.20. The van der Waals surface area contributed by atoms with Crippen molar-refractivity contribution in [1.82, 2.24) is 0 Å². The lowest BCUT2D eigenvalue weighted by atomic mass is 9.86. The van der Waals surface area contributed by atoms with Crippen molar-refractivity contribution in [3.8, 4) is 0 Å². The van der Waals surface area contributed by atoms with Crippen molar-refractivity contribution in [1.29, 1.82) is 0 Å². The Morgan fingerprint density at radius 1 is 1.06 bits per heavy atom. The molecule has 1 nitrogen and oxygen atoms in total. The van der Waals surface area contributed by atoms with Gasteiger partial charge < -0.3 is 0 Å². The van der Waals surface area contributed by atoms with E-state index in [0.717, 1.165) is 5.69 Å². The summed E-state index contributed by atoms with van der Waals surface area (Å²) in [4.78, 5) is 4.39. The maximum Gasteiger partial charge on any atom is 0.209 e. The van der Waals surface area contributed by atoms with Gasteiger partial charge in [-0.25, -0.2) is 0 Å². The van der Waals surface area contributed by atoms with E-state index in [1.54, 1.807) is 12.3 Å². The van der Waals surface area contributed by atoms with E-state index in [4.69, 9.17) is 34.8 Å². The van der Waals surface area contributed by atoms with Gasteiger partial charge in [-0.05, 0) is 29.2 Å². The van der Waals surface area contributed by atoms with Crippen LogP contribution in [0, 0.1) is 0 Å².